The van der Waals surface area contributed by atoms with Crippen molar-refractivity contribution in [2.24, 2.45) is 0 Å². The van der Waals surface area contributed by atoms with E-state index < -0.39 is 15.8 Å². The van der Waals surface area contributed by atoms with Gasteiger partial charge in [-0.05, 0) is 37.5 Å². The summed E-state index contributed by atoms with van der Waals surface area (Å²) < 4.78 is 39.8. The third-order valence-corrected chi connectivity index (χ3v) is 5.75. The summed E-state index contributed by atoms with van der Waals surface area (Å²) in [5.74, 6) is -0.642. The number of hydrogen-bond donors (Lipinski definition) is 1. The van der Waals surface area contributed by atoms with Crippen LogP contribution in [0.2, 0.25) is 5.02 Å². The number of nitrogens with zero attached hydrogens (tertiary/aromatic N) is 1. The maximum absolute atomic E-state index is 13.2. The molecule has 0 bridgehead atoms. The van der Waals surface area contributed by atoms with Crippen molar-refractivity contribution in [2.75, 3.05) is 13.2 Å². The lowest BCUT2D eigenvalue weighted by molar-refractivity contribution is 0.198. The first-order chi connectivity index (χ1) is 9.46. The van der Waals surface area contributed by atoms with Gasteiger partial charge in [0.25, 0.3) is 0 Å². The molecule has 0 heterocycles. The second-order valence-corrected chi connectivity index (χ2v) is 7.15. The van der Waals surface area contributed by atoms with Crippen molar-refractivity contribution in [1.82, 2.24) is 4.31 Å². The third kappa shape index (κ3) is 3.14. The van der Waals surface area contributed by atoms with Gasteiger partial charge in [-0.2, -0.15) is 4.31 Å². The zero-order chi connectivity index (χ0) is 14.8. The molecule has 0 radical (unpaired) electrons. The van der Waals surface area contributed by atoms with Gasteiger partial charge in [-0.1, -0.05) is 18.0 Å². The molecule has 1 saturated carbocycles. The summed E-state index contributed by atoms with van der Waals surface area (Å²) in [4.78, 5) is -0.00580. The monoisotopic (exact) mass is 321 g/mol. The normalized spacial score (nSPS) is 16.4. The van der Waals surface area contributed by atoms with Crippen molar-refractivity contribution in [2.45, 2.75) is 36.6 Å². The van der Waals surface area contributed by atoms with E-state index >= 15 is 0 Å². The summed E-state index contributed by atoms with van der Waals surface area (Å²) in [5, 5.41) is 8.71. The van der Waals surface area contributed by atoms with Crippen molar-refractivity contribution in [3.8, 4) is 0 Å². The molecule has 2 rings (SSSR count). The largest absolute Gasteiger partial charge is 0.396 e. The molecule has 1 fully saturated rings. The van der Waals surface area contributed by atoms with Gasteiger partial charge in [0.15, 0.2) is 0 Å². The molecule has 20 heavy (non-hydrogen) atoms. The molecule has 1 aliphatic rings. The smallest absolute Gasteiger partial charge is 0.243 e. The molecule has 0 atom stereocenters. The van der Waals surface area contributed by atoms with Gasteiger partial charge in [0.05, 0.1) is 9.92 Å². The van der Waals surface area contributed by atoms with Crippen LogP contribution in [0.5, 0.6) is 0 Å². The SMILES string of the molecule is O=S(=O)(c1ccc(F)c(Cl)c1)N(CCCO)C1CCC1. The molecule has 0 aliphatic heterocycles. The van der Waals surface area contributed by atoms with Crippen LogP contribution >= 0.6 is 11.6 Å². The van der Waals surface area contributed by atoms with Gasteiger partial charge in [-0.3, -0.25) is 0 Å². The molecular formula is C13H17ClFNO3S. The van der Waals surface area contributed by atoms with Crippen LogP contribution in [0.3, 0.4) is 0 Å². The first-order valence-corrected chi connectivity index (χ1v) is 8.36. The van der Waals surface area contributed by atoms with E-state index in [0.717, 1.165) is 31.4 Å². The van der Waals surface area contributed by atoms with Crippen molar-refractivity contribution >= 4 is 21.6 Å². The van der Waals surface area contributed by atoms with Gasteiger partial charge in [-0.25, -0.2) is 12.8 Å². The Morgan fingerprint density at radius 1 is 1.40 bits per heavy atom. The highest BCUT2D eigenvalue weighted by Crippen LogP contribution is 2.31. The van der Waals surface area contributed by atoms with E-state index in [1.165, 1.54) is 10.4 Å². The molecule has 1 aliphatic carbocycles. The number of sulfonamides is 1. The van der Waals surface area contributed by atoms with Crippen LogP contribution < -0.4 is 0 Å². The van der Waals surface area contributed by atoms with E-state index in [1.807, 2.05) is 0 Å². The fourth-order valence-electron chi connectivity index (χ4n) is 2.17. The minimum absolute atomic E-state index is 0.00580. The fourth-order valence-corrected chi connectivity index (χ4v) is 4.17. The van der Waals surface area contributed by atoms with E-state index in [2.05, 4.69) is 0 Å². The Balaban J connectivity index is 2.30. The molecule has 0 saturated heterocycles. The highest BCUT2D eigenvalue weighted by molar-refractivity contribution is 7.89. The Morgan fingerprint density at radius 2 is 2.10 bits per heavy atom. The molecule has 1 N–H and O–H groups in total. The summed E-state index contributed by atoms with van der Waals surface area (Å²) >= 11 is 5.66. The van der Waals surface area contributed by atoms with Gasteiger partial charge < -0.3 is 5.11 Å². The Bertz CT molecular complexity index is 575. The average molecular weight is 322 g/mol. The van der Waals surface area contributed by atoms with E-state index in [0.29, 0.717) is 6.42 Å². The van der Waals surface area contributed by atoms with E-state index in [4.69, 9.17) is 16.7 Å². The standard InChI is InChI=1S/C13H17ClFNO3S/c14-12-9-11(5-6-13(12)15)20(18,19)16(7-2-8-17)10-3-1-4-10/h5-6,9-10,17H,1-4,7-8H2. The lowest BCUT2D eigenvalue weighted by atomic mass is 9.93. The van der Waals surface area contributed by atoms with Crippen molar-refractivity contribution in [1.29, 1.82) is 0 Å². The van der Waals surface area contributed by atoms with Crippen LogP contribution in [0.25, 0.3) is 0 Å². The minimum atomic E-state index is -3.70. The van der Waals surface area contributed by atoms with E-state index in [1.54, 1.807) is 0 Å². The number of aliphatic hydroxyl groups excluding tert-OH is 1. The molecule has 7 heteroatoms. The summed E-state index contributed by atoms with van der Waals surface area (Å²) in [6.45, 7) is 0.196. The van der Waals surface area contributed by atoms with Crippen molar-refractivity contribution < 1.29 is 17.9 Å². The fraction of sp³-hybridized carbons (Fsp3) is 0.538. The van der Waals surface area contributed by atoms with E-state index in [-0.39, 0.29) is 29.1 Å². The Labute approximate surface area is 123 Å². The Hall–Kier alpha value is -0.690. The molecule has 4 nitrogen and oxygen atoms in total. The zero-order valence-corrected chi connectivity index (χ0v) is 12.5. The summed E-state index contributed by atoms with van der Waals surface area (Å²) in [6, 6.07) is 3.38. The summed E-state index contributed by atoms with van der Waals surface area (Å²) in [5.41, 5.74) is 0. The second-order valence-electron chi connectivity index (χ2n) is 4.85. The highest BCUT2D eigenvalue weighted by atomic mass is 35.5. The minimum Gasteiger partial charge on any atom is -0.396 e. The van der Waals surface area contributed by atoms with Crippen LogP contribution in [0.15, 0.2) is 23.1 Å². The summed E-state index contributed by atoms with van der Waals surface area (Å²) in [6.07, 6.45) is 3.02. The van der Waals surface area contributed by atoms with E-state index in [9.17, 15) is 12.8 Å². The van der Waals surface area contributed by atoms with Gasteiger partial charge in [0.2, 0.25) is 10.0 Å². The molecule has 112 valence electrons. The maximum atomic E-state index is 13.2. The molecule has 0 spiro atoms. The van der Waals surface area contributed by atoms with Crippen molar-refractivity contribution in [3.05, 3.63) is 29.0 Å². The number of aliphatic hydroxyl groups is 1. The van der Waals surface area contributed by atoms with Crippen LogP contribution in [-0.2, 0) is 10.0 Å². The third-order valence-electron chi connectivity index (χ3n) is 3.52. The van der Waals surface area contributed by atoms with Crippen molar-refractivity contribution in [3.63, 3.8) is 0 Å². The van der Waals surface area contributed by atoms with Crippen LogP contribution in [0, 0.1) is 5.82 Å². The van der Waals surface area contributed by atoms with Crippen LogP contribution in [0.1, 0.15) is 25.7 Å². The predicted octanol–water partition coefficient (Wildman–Crippen LogP) is 2.40. The Morgan fingerprint density at radius 3 is 2.60 bits per heavy atom. The summed E-state index contributed by atoms with van der Waals surface area (Å²) in [7, 11) is -3.70. The molecule has 0 aromatic heterocycles. The highest BCUT2D eigenvalue weighted by Gasteiger charge is 2.34. The quantitative estimate of drug-likeness (QED) is 0.875. The topological polar surface area (TPSA) is 57.6 Å². The first kappa shape index (κ1) is 15.7. The van der Waals surface area contributed by atoms with Gasteiger partial charge in [0, 0.05) is 19.2 Å². The molecular weight excluding hydrogens is 305 g/mol. The lowest BCUT2D eigenvalue weighted by Gasteiger charge is -2.36. The molecule has 0 unspecified atom stereocenters. The second kappa shape index (κ2) is 6.39. The first-order valence-electron chi connectivity index (χ1n) is 6.54. The van der Waals surface area contributed by atoms with Gasteiger partial charge in [-0.15, -0.1) is 0 Å². The number of rotatable bonds is 6. The zero-order valence-electron chi connectivity index (χ0n) is 10.9. The number of halogens is 2. The average Bonchev–Trinajstić information content (AvgIpc) is 2.35. The van der Waals surface area contributed by atoms with Crippen LogP contribution in [0.4, 0.5) is 4.39 Å². The van der Waals surface area contributed by atoms with Crippen LogP contribution in [-0.4, -0.2) is 37.0 Å². The maximum Gasteiger partial charge on any atom is 0.243 e. The van der Waals surface area contributed by atoms with Gasteiger partial charge >= 0.3 is 0 Å². The molecule has 1 aromatic carbocycles. The van der Waals surface area contributed by atoms with Gasteiger partial charge in [0.1, 0.15) is 5.82 Å². The molecule has 0 amide bonds. The number of benzene rings is 1. The lowest BCUT2D eigenvalue weighted by Crippen LogP contribution is -2.44. The predicted molar refractivity (Wildman–Crippen MR) is 74.6 cm³/mol. The molecule has 1 aromatic rings. The Kier molecular flexibility index (Phi) is 5.01. The number of hydrogen-bond acceptors (Lipinski definition) is 3.